The number of aromatic nitrogens is 2. The van der Waals surface area contributed by atoms with Crippen molar-refractivity contribution in [3.05, 3.63) is 56.5 Å². The van der Waals surface area contributed by atoms with E-state index < -0.39 is 11.2 Å². The Kier molecular flexibility index (Phi) is 2.91. The molecule has 0 bridgehead atoms. The number of halogens is 1. The molecule has 0 aliphatic heterocycles. The molecule has 0 fully saturated rings. The molecule has 17 heavy (non-hydrogen) atoms. The van der Waals surface area contributed by atoms with Gasteiger partial charge in [0.05, 0.1) is 5.69 Å². The molecule has 0 atom stereocenters. The van der Waals surface area contributed by atoms with Crippen molar-refractivity contribution in [2.24, 2.45) is 0 Å². The molecule has 1 aromatic carbocycles. The van der Waals surface area contributed by atoms with Crippen LogP contribution in [-0.2, 0) is 6.42 Å². The van der Waals surface area contributed by atoms with Gasteiger partial charge in [-0.2, -0.15) is 0 Å². The Labute approximate surface area is 96.1 Å². The molecule has 0 aliphatic carbocycles. The minimum absolute atomic E-state index is 0.362. The molecule has 0 spiro atoms. The van der Waals surface area contributed by atoms with Crippen molar-refractivity contribution in [1.82, 2.24) is 9.97 Å². The van der Waals surface area contributed by atoms with Gasteiger partial charge in [0.25, 0.3) is 5.56 Å². The summed E-state index contributed by atoms with van der Waals surface area (Å²) in [6, 6.07) is 5.63. The van der Waals surface area contributed by atoms with Crippen molar-refractivity contribution in [3.8, 4) is 11.3 Å². The van der Waals surface area contributed by atoms with Gasteiger partial charge < -0.3 is 4.98 Å². The monoisotopic (exact) mass is 234 g/mol. The first kappa shape index (κ1) is 11.3. The third kappa shape index (κ3) is 2.18. The molecule has 2 aromatic rings. The molecule has 0 aliphatic rings. The van der Waals surface area contributed by atoms with E-state index >= 15 is 0 Å². The minimum Gasteiger partial charge on any atom is -0.307 e. The Balaban J connectivity index is 2.70. The summed E-state index contributed by atoms with van der Waals surface area (Å²) in [5.74, 6) is -0.362. The average molecular weight is 234 g/mol. The molecular weight excluding hydrogens is 223 g/mol. The maximum atomic E-state index is 12.8. The molecule has 0 radical (unpaired) electrons. The Morgan fingerprint density at radius 2 is 1.76 bits per heavy atom. The maximum absolute atomic E-state index is 12.8. The summed E-state index contributed by atoms with van der Waals surface area (Å²) >= 11 is 0. The fraction of sp³-hybridized carbons (Fsp3) is 0.167. The van der Waals surface area contributed by atoms with E-state index in [1.807, 2.05) is 6.92 Å². The van der Waals surface area contributed by atoms with Crippen LogP contribution in [0.5, 0.6) is 0 Å². The van der Waals surface area contributed by atoms with Crippen LogP contribution in [0.4, 0.5) is 4.39 Å². The highest BCUT2D eigenvalue weighted by Crippen LogP contribution is 2.18. The van der Waals surface area contributed by atoms with E-state index in [4.69, 9.17) is 0 Å². The van der Waals surface area contributed by atoms with Crippen molar-refractivity contribution < 1.29 is 4.39 Å². The van der Waals surface area contributed by atoms with Crippen LogP contribution in [0.15, 0.2) is 33.9 Å². The van der Waals surface area contributed by atoms with Crippen LogP contribution < -0.4 is 11.2 Å². The topological polar surface area (TPSA) is 65.7 Å². The first-order chi connectivity index (χ1) is 8.11. The summed E-state index contributed by atoms with van der Waals surface area (Å²) < 4.78 is 12.8. The van der Waals surface area contributed by atoms with Gasteiger partial charge in [-0.25, -0.2) is 9.18 Å². The van der Waals surface area contributed by atoms with Crippen LogP contribution in [0.3, 0.4) is 0 Å². The third-order valence-electron chi connectivity index (χ3n) is 2.53. The van der Waals surface area contributed by atoms with Crippen molar-refractivity contribution in [3.63, 3.8) is 0 Å². The molecule has 0 saturated heterocycles. The standard InChI is InChI=1S/C12H11FN2O2/c1-2-9-10(14-12(17)15-11(9)16)7-3-5-8(13)6-4-7/h3-6H,2H2,1H3,(H2,14,15,16,17). The van der Waals surface area contributed by atoms with Crippen LogP contribution >= 0.6 is 0 Å². The second-order valence-electron chi connectivity index (χ2n) is 3.62. The first-order valence-corrected chi connectivity index (χ1v) is 5.23. The Hall–Kier alpha value is -2.17. The van der Waals surface area contributed by atoms with Crippen LogP contribution in [0.1, 0.15) is 12.5 Å². The molecule has 5 heteroatoms. The zero-order valence-corrected chi connectivity index (χ0v) is 9.21. The van der Waals surface area contributed by atoms with E-state index in [1.54, 1.807) is 0 Å². The van der Waals surface area contributed by atoms with Gasteiger partial charge in [0.1, 0.15) is 5.82 Å². The van der Waals surface area contributed by atoms with Gasteiger partial charge in [-0.15, -0.1) is 0 Å². The molecule has 0 amide bonds. The van der Waals surface area contributed by atoms with Crippen molar-refractivity contribution in [1.29, 1.82) is 0 Å². The van der Waals surface area contributed by atoms with E-state index in [0.717, 1.165) is 0 Å². The summed E-state index contributed by atoms with van der Waals surface area (Å²) in [5, 5.41) is 0. The fourth-order valence-electron chi connectivity index (χ4n) is 1.71. The zero-order chi connectivity index (χ0) is 12.4. The predicted molar refractivity (Wildman–Crippen MR) is 62.5 cm³/mol. The second-order valence-corrected chi connectivity index (χ2v) is 3.62. The van der Waals surface area contributed by atoms with Gasteiger partial charge >= 0.3 is 5.69 Å². The summed E-state index contributed by atoms with van der Waals surface area (Å²) in [7, 11) is 0. The zero-order valence-electron chi connectivity index (χ0n) is 9.21. The Morgan fingerprint density at radius 3 is 2.35 bits per heavy atom. The van der Waals surface area contributed by atoms with Crippen LogP contribution in [0.25, 0.3) is 11.3 Å². The lowest BCUT2D eigenvalue weighted by molar-refractivity contribution is 0.628. The molecule has 1 heterocycles. The number of hydrogen-bond donors (Lipinski definition) is 2. The molecule has 1 aromatic heterocycles. The van der Waals surface area contributed by atoms with Gasteiger partial charge in [-0.05, 0) is 36.2 Å². The number of rotatable bonds is 2. The summed E-state index contributed by atoms with van der Waals surface area (Å²) in [4.78, 5) is 27.6. The van der Waals surface area contributed by atoms with Gasteiger partial charge in [0.2, 0.25) is 0 Å². The third-order valence-corrected chi connectivity index (χ3v) is 2.53. The van der Waals surface area contributed by atoms with E-state index in [9.17, 15) is 14.0 Å². The van der Waals surface area contributed by atoms with Crippen molar-refractivity contribution in [2.75, 3.05) is 0 Å². The SMILES string of the molecule is CCc1c(-c2ccc(F)cc2)[nH]c(=O)[nH]c1=O. The fourth-order valence-corrected chi connectivity index (χ4v) is 1.71. The smallest absolute Gasteiger partial charge is 0.307 e. The minimum atomic E-state index is -0.563. The number of benzene rings is 1. The predicted octanol–water partition coefficient (Wildman–Crippen LogP) is 1.43. The quantitative estimate of drug-likeness (QED) is 0.825. The van der Waals surface area contributed by atoms with Crippen molar-refractivity contribution in [2.45, 2.75) is 13.3 Å². The lowest BCUT2D eigenvalue weighted by Crippen LogP contribution is -2.26. The number of H-pyrrole nitrogens is 2. The maximum Gasteiger partial charge on any atom is 0.326 e. The van der Waals surface area contributed by atoms with E-state index in [2.05, 4.69) is 9.97 Å². The van der Waals surface area contributed by atoms with E-state index in [1.165, 1.54) is 24.3 Å². The second kappa shape index (κ2) is 4.37. The molecular formula is C12H11FN2O2. The average Bonchev–Trinajstić information content (AvgIpc) is 2.29. The largest absolute Gasteiger partial charge is 0.326 e. The molecule has 2 rings (SSSR count). The Morgan fingerprint density at radius 1 is 1.12 bits per heavy atom. The van der Waals surface area contributed by atoms with E-state index in [0.29, 0.717) is 23.2 Å². The van der Waals surface area contributed by atoms with Gasteiger partial charge in [0, 0.05) is 5.56 Å². The lowest BCUT2D eigenvalue weighted by atomic mass is 10.1. The molecule has 4 nitrogen and oxygen atoms in total. The summed E-state index contributed by atoms with van der Waals surface area (Å²) in [6.45, 7) is 1.82. The highest BCUT2D eigenvalue weighted by Gasteiger charge is 2.09. The first-order valence-electron chi connectivity index (χ1n) is 5.23. The Bertz CT molecular complexity index is 641. The van der Waals surface area contributed by atoms with Gasteiger partial charge in [0.15, 0.2) is 0 Å². The highest BCUT2D eigenvalue weighted by atomic mass is 19.1. The molecule has 0 unspecified atom stereocenters. The summed E-state index contributed by atoms with van der Waals surface area (Å²) in [5.41, 5.74) is 0.575. The normalized spacial score (nSPS) is 10.5. The molecule has 88 valence electrons. The number of hydrogen-bond acceptors (Lipinski definition) is 2. The highest BCUT2D eigenvalue weighted by molar-refractivity contribution is 5.62. The molecule has 0 saturated carbocycles. The lowest BCUT2D eigenvalue weighted by Gasteiger charge is -2.06. The van der Waals surface area contributed by atoms with Crippen LogP contribution in [0.2, 0.25) is 0 Å². The van der Waals surface area contributed by atoms with Gasteiger partial charge in [-0.3, -0.25) is 9.78 Å². The van der Waals surface area contributed by atoms with Crippen molar-refractivity contribution >= 4 is 0 Å². The van der Waals surface area contributed by atoms with Crippen LogP contribution in [-0.4, -0.2) is 9.97 Å². The number of aromatic amines is 2. The molecule has 2 N–H and O–H groups in total. The number of nitrogens with one attached hydrogen (secondary N) is 2. The van der Waals surface area contributed by atoms with Crippen LogP contribution in [0, 0.1) is 5.82 Å². The van der Waals surface area contributed by atoms with E-state index in [-0.39, 0.29) is 5.82 Å². The van der Waals surface area contributed by atoms with Gasteiger partial charge in [-0.1, -0.05) is 6.92 Å². The summed E-state index contributed by atoms with van der Waals surface area (Å²) in [6.07, 6.45) is 0.485.